The van der Waals surface area contributed by atoms with Crippen LogP contribution in [-0.4, -0.2) is 23.3 Å². The Kier molecular flexibility index (Phi) is 4.36. The Morgan fingerprint density at radius 1 is 0.852 bits per heavy atom. The predicted octanol–water partition coefficient (Wildman–Crippen LogP) is 5.35. The van der Waals surface area contributed by atoms with Gasteiger partial charge in [0.25, 0.3) is 0 Å². The summed E-state index contributed by atoms with van der Waals surface area (Å²) in [6, 6.07) is 0. The van der Waals surface area contributed by atoms with Crippen LogP contribution in [0.15, 0.2) is 0 Å². The number of esters is 1. The molecule has 27 heavy (non-hydrogen) atoms. The molecule has 0 radical (unpaired) electrons. The molecule has 4 rings (SSSR count). The monoisotopic (exact) mass is 376 g/mol. The first kappa shape index (κ1) is 19.7. The quantitative estimate of drug-likeness (QED) is 0.628. The first-order valence-electron chi connectivity index (χ1n) is 11.3. The molecular weight excluding hydrogens is 336 g/mol. The highest BCUT2D eigenvalue weighted by molar-refractivity contribution is 5.66. The molecule has 0 spiro atoms. The highest BCUT2D eigenvalue weighted by atomic mass is 16.5. The van der Waals surface area contributed by atoms with Gasteiger partial charge in [-0.1, -0.05) is 34.6 Å². The van der Waals surface area contributed by atoms with Crippen LogP contribution in [0.2, 0.25) is 0 Å². The second-order valence-electron chi connectivity index (χ2n) is 11.7. The van der Waals surface area contributed by atoms with E-state index in [1.165, 1.54) is 38.5 Å². The third-order valence-corrected chi connectivity index (χ3v) is 10.6. The van der Waals surface area contributed by atoms with Gasteiger partial charge in [0.05, 0.1) is 6.10 Å². The van der Waals surface area contributed by atoms with E-state index in [0.29, 0.717) is 28.6 Å². The molecule has 1 N–H and O–H groups in total. The van der Waals surface area contributed by atoms with Crippen LogP contribution in [0.25, 0.3) is 0 Å². The van der Waals surface area contributed by atoms with Crippen LogP contribution in [0.3, 0.4) is 0 Å². The van der Waals surface area contributed by atoms with E-state index >= 15 is 0 Å². The summed E-state index contributed by atoms with van der Waals surface area (Å²) in [5.41, 5.74) is 0.949. The lowest BCUT2D eigenvalue weighted by atomic mass is 9.35. The summed E-state index contributed by atoms with van der Waals surface area (Å²) in [4.78, 5) is 11.7. The number of ether oxygens (including phenoxy) is 1. The lowest BCUT2D eigenvalue weighted by Crippen LogP contribution is -2.64. The van der Waals surface area contributed by atoms with E-state index in [4.69, 9.17) is 4.74 Å². The zero-order valence-electron chi connectivity index (χ0n) is 18.3. The van der Waals surface area contributed by atoms with E-state index in [0.717, 1.165) is 12.8 Å². The summed E-state index contributed by atoms with van der Waals surface area (Å²) < 4.78 is 5.79. The fourth-order valence-electron chi connectivity index (χ4n) is 9.10. The number of rotatable bonds is 1. The Bertz CT molecular complexity index is 627. The second kappa shape index (κ2) is 5.97. The van der Waals surface area contributed by atoms with Gasteiger partial charge < -0.3 is 9.84 Å². The molecule has 4 aliphatic rings. The number of carbonyl (C=O) groups is 1. The molecule has 0 aliphatic heterocycles. The van der Waals surface area contributed by atoms with E-state index in [9.17, 15) is 9.90 Å². The topological polar surface area (TPSA) is 46.5 Å². The van der Waals surface area contributed by atoms with Gasteiger partial charge >= 0.3 is 5.97 Å². The van der Waals surface area contributed by atoms with Gasteiger partial charge in [-0.15, -0.1) is 0 Å². The zero-order valence-corrected chi connectivity index (χ0v) is 18.3. The molecule has 0 heterocycles. The molecule has 154 valence electrons. The van der Waals surface area contributed by atoms with Gasteiger partial charge in [-0.2, -0.15) is 0 Å². The molecular formula is C24H40O3. The minimum Gasteiger partial charge on any atom is -0.462 e. The van der Waals surface area contributed by atoms with E-state index in [1.54, 1.807) is 6.92 Å². The molecule has 4 saturated carbocycles. The van der Waals surface area contributed by atoms with Crippen molar-refractivity contribution in [2.24, 2.45) is 39.4 Å². The zero-order chi connectivity index (χ0) is 19.8. The lowest BCUT2D eigenvalue weighted by molar-refractivity contribution is -0.228. The van der Waals surface area contributed by atoms with E-state index < -0.39 is 0 Å². The fraction of sp³-hybridized carbons (Fsp3) is 0.958. The SMILES string of the molecule is CC(=O)O[C@H]1CC[C@]2(C)[C@H]3CC[C@@H]4C(O)CC[C@@]4(C)[C@]3(C)CC[C@H]2C1(C)C. The molecule has 0 bridgehead atoms. The summed E-state index contributed by atoms with van der Waals surface area (Å²) in [7, 11) is 0. The van der Waals surface area contributed by atoms with Crippen LogP contribution in [0.4, 0.5) is 0 Å². The second-order valence-corrected chi connectivity index (χ2v) is 11.7. The Hall–Kier alpha value is -0.570. The summed E-state index contributed by atoms with van der Waals surface area (Å²) >= 11 is 0. The lowest BCUT2D eigenvalue weighted by Gasteiger charge is -2.69. The van der Waals surface area contributed by atoms with E-state index in [2.05, 4.69) is 34.6 Å². The average molecular weight is 377 g/mol. The molecule has 0 aromatic heterocycles. The molecule has 0 saturated heterocycles. The first-order chi connectivity index (χ1) is 12.5. The predicted molar refractivity (Wildman–Crippen MR) is 107 cm³/mol. The van der Waals surface area contributed by atoms with E-state index in [1.807, 2.05) is 0 Å². The smallest absolute Gasteiger partial charge is 0.302 e. The van der Waals surface area contributed by atoms with Gasteiger partial charge in [0.1, 0.15) is 6.10 Å². The number of hydrogen-bond acceptors (Lipinski definition) is 3. The molecule has 0 aromatic carbocycles. The minimum absolute atomic E-state index is 0.0347. The molecule has 3 nitrogen and oxygen atoms in total. The fourth-order valence-corrected chi connectivity index (χ4v) is 9.10. The maximum atomic E-state index is 11.7. The van der Waals surface area contributed by atoms with Crippen LogP contribution in [0, 0.1) is 39.4 Å². The summed E-state index contributed by atoms with van der Waals surface area (Å²) in [6.45, 7) is 13.9. The van der Waals surface area contributed by atoms with Crippen molar-refractivity contribution in [3.05, 3.63) is 0 Å². The summed E-state index contributed by atoms with van der Waals surface area (Å²) in [5.74, 6) is 1.68. The van der Waals surface area contributed by atoms with Crippen molar-refractivity contribution >= 4 is 5.97 Å². The van der Waals surface area contributed by atoms with Crippen molar-refractivity contribution in [3.8, 4) is 0 Å². The summed E-state index contributed by atoms with van der Waals surface area (Å²) in [5, 5.41) is 10.6. The molecule has 0 aromatic rings. The Balaban J connectivity index is 1.69. The highest BCUT2D eigenvalue weighted by Crippen LogP contribution is 2.74. The van der Waals surface area contributed by atoms with Crippen LogP contribution >= 0.6 is 0 Å². The average Bonchev–Trinajstić information content (AvgIpc) is 2.87. The highest BCUT2D eigenvalue weighted by Gasteiger charge is 2.68. The first-order valence-corrected chi connectivity index (χ1v) is 11.3. The van der Waals surface area contributed by atoms with Crippen molar-refractivity contribution in [1.82, 2.24) is 0 Å². The maximum Gasteiger partial charge on any atom is 0.302 e. The van der Waals surface area contributed by atoms with Gasteiger partial charge in [-0.25, -0.2) is 0 Å². The van der Waals surface area contributed by atoms with Gasteiger partial charge in [0.15, 0.2) is 0 Å². The maximum absolute atomic E-state index is 11.7. The van der Waals surface area contributed by atoms with Crippen molar-refractivity contribution in [1.29, 1.82) is 0 Å². The number of aliphatic hydroxyl groups excluding tert-OH is 1. The summed E-state index contributed by atoms with van der Waals surface area (Å²) in [6.07, 6.45) is 9.24. The third-order valence-electron chi connectivity index (χ3n) is 10.6. The Morgan fingerprint density at radius 3 is 2.19 bits per heavy atom. The molecule has 3 heteroatoms. The van der Waals surface area contributed by atoms with Gasteiger partial charge in [-0.3, -0.25) is 4.79 Å². The van der Waals surface area contributed by atoms with Gasteiger partial charge in [0.2, 0.25) is 0 Å². The Morgan fingerprint density at radius 2 is 1.52 bits per heavy atom. The molecule has 1 unspecified atom stereocenters. The number of aliphatic hydroxyl groups is 1. The third kappa shape index (κ3) is 2.45. The minimum atomic E-state index is -0.134. The number of hydrogen-bond donors (Lipinski definition) is 1. The van der Waals surface area contributed by atoms with Crippen LogP contribution < -0.4 is 0 Å². The number of fused-ring (bicyclic) bond motifs is 5. The van der Waals surface area contributed by atoms with Crippen LogP contribution in [0.1, 0.15) is 92.9 Å². The van der Waals surface area contributed by atoms with Crippen molar-refractivity contribution in [2.45, 2.75) is 105 Å². The van der Waals surface area contributed by atoms with Crippen molar-refractivity contribution < 1.29 is 14.6 Å². The largest absolute Gasteiger partial charge is 0.462 e. The Labute approximate surface area is 165 Å². The van der Waals surface area contributed by atoms with E-state index in [-0.39, 0.29) is 29.0 Å². The van der Waals surface area contributed by atoms with Gasteiger partial charge in [-0.05, 0) is 85.4 Å². The van der Waals surface area contributed by atoms with Crippen LogP contribution in [-0.2, 0) is 9.53 Å². The molecule has 4 aliphatic carbocycles. The molecule has 8 atom stereocenters. The normalized spacial score (nSPS) is 53.8. The van der Waals surface area contributed by atoms with Crippen LogP contribution in [0.5, 0.6) is 0 Å². The van der Waals surface area contributed by atoms with Gasteiger partial charge in [0, 0.05) is 12.3 Å². The van der Waals surface area contributed by atoms with Crippen molar-refractivity contribution in [3.63, 3.8) is 0 Å². The van der Waals surface area contributed by atoms with Crippen molar-refractivity contribution in [2.75, 3.05) is 0 Å². The standard InChI is InChI=1S/C24H40O3/c1-15(25)27-20-11-12-22(4)18(21(20,2)3)10-14-24(6)19(22)8-7-16-17(26)9-13-23(16,24)5/h16-20,26H,7-14H2,1-6H3/t16-,17?,18+,19-,20+,22+,23-,24-/m1/s1. The number of carbonyl (C=O) groups excluding carboxylic acids is 1. The molecule has 4 fully saturated rings. The molecule has 0 amide bonds.